The maximum atomic E-state index is 3.62. The smallest absolute Gasteiger partial charge is 0.0333 e. The molecule has 0 aromatic heterocycles. The largest absolute Gasteiger partial charge is 0.385 e. The molecule has 0 aromatic rings. The van der Waals surface area contributed by atoms with Gasteiger partial charge in [0.05, 0.1) is 0 Å². The second-order valence-corrected chi connectivity index (χ2v) is 1.59. The molecule has 0 rings (SSSR count). The molecule has 0 bridgehead atoms. The van der Waals surface area contributed by atoms with E-state index in [0.29, 0.717) is 0 Å². The van der Waals surface area contributed by atoms with E-state index in [4.69, 9.17) is 0 Å². The van der Waals surface area contributed by atoms with Gasteiger partial charge in [0.15, 0.2) is 0 Å². The highest BCUT2D eigenvalue weighted by Crippen LogP contribution is 1.88. The van der Waals surface area contributed by atoms with E-state index in [-0.39, 0.29) is 0 Å². The molecule has 0 aliphatic heterocycles. The quantitative estimate of drug-likeness (QED) is 0.612. The summed E-state index contributed by atoms with van der Waals surface area (Å²) in [6.45, 7) is 14.2. The minimum atomic E-state index is 0.922. The Bertz CT molecular complexity index is 123. The van der Waals surface area contributed by atoms with Crippen molar-refractivity contribution < 1.29 is 0 Å². The first-order chi connectivity index (χ1) is 5.35. The van der Waals surface area contributed by atoms with Crippen LogP contribution >= 0.6 is 0 Å². The number of likely N-dealkylation sites (N-methyl/N-ethyl adjacent to an activating group) is 1. The van der Waals surface area contributed by atoms with Gasteiger partial charge in [-0.1, -0.05) is 33.1 Å². The van der Waals surface area contributed by atoms with Gasteiger partial charge in [-0.3, -0.25) is 0 Å². The summed E-state index contributed by atoms with van der Waals surface area (Å²) in [6, 6.07) is 0. The zero-order valence-corrected chi connectivity index (χ0v) is 7.85. The fourth-order valence-electron chi connectivity index (χ4n) is 0.530. The van der Waals surface area contributed by atoms with Crippen molar-refractivity contribution in [2.45, 2.75) is 20.8 Å². The van der Waals surface area contributed by atoms with Crippen LogP contribution in [0.25, 0.3) is 0 Å². The zero-order valence-electron chi connectivity index (χ0n) is 7.85. The molecule has 0 spiro atoms. The Balaban J connectivity index is 0. The summed E-state index contributed by atoms with van der Waals surface area (Å²) in [5.74, 6) is 0. The van der Waals surface area contributed by atoms with Crippen LogP contribution in [0, 0.1) is 0 Å². The first kappa shape index (κ1) is 12.7. The molecule has 0 radical (unpaired) electrons. The molecular formula is C10H19N. The summed E-state index contributed by atoms with van der Waals surface area (Å²) < 4.78 is 0. The van der Waals surface area contributed by atoms with E-state index in [0.717, 1.165) is 12.2 Å². The van der Waals surface area contributed by atoms with Crippen molar-refractivity contribution in [1.29, 1.82) is 0 Å². The third kappa shape index (κ3) is 9.02. The molecule has 1 heteroatoms. The Morgan fingerprint density at radius 1 is 1.36 bits per heavy atom. The summed E-state index contributed by atoms with van der Waals surface area (Å²) >= 11 is 0. The summed E-state index contributed by atoms with van der Waals surface area (Å²) in [5, 5.41) is 3.10. The summed E-state index contributed by atoms with van der Waals surface area (Å²) in [6.07, 6.45) is 5.39. The van der Waals surface area contributed by atoms with Crippen LogP contribution < -0.4 is 5.32 Å². The van der Waals surface area contributed by atoms with Gasteiger partial charge in [-0.2, -0.15) is 0 Å². The molecule has 1 N–H and O–H groups in total. The maximum Gasteiger partial charge on any atom is 0.0333 e. The van der Waals surface area contributed by atoms with Gasteiger partial charge >= 0.3 is 0 Å². The van der Waals surface area contributed by atoms with Crippen molar-refractivity contribution in [2.24, 2.45) is 0 Å². The summed E-state index contributed by atoms with van der Waals surface area (Å²) in [4.78, 5) is 0. The van der Waals surface area contributed by atoms with Gasteiger partial charge in [-0.25, -0.2) is 0 Å². The van der Waals surface area contributed by atoms with Crippen molar-refractivity contribution in [3.8, 4) is 0 Å². The molecular weight excluding hydrogens is 134 g/mol. The minimum absolute atomic E-state index is 0.922. The fraction of sp³-hybridized carbons (Fsp3) is 0.400. The molecule has 0 unspecified atom stereocenters. The molecule has 1 nitrogen and oxygen atoms in total. The number of hydrogen-bond acceptors (Lipinski definition) is 1. The summed E-state index contributed by atoms with van der Waals surface area (Å²) in [5.41, 5.74) is 1.02. The van der Waals surface area contributed by atoms with Crippen LogP contribution in [0.3, 0.4) is 0 Å². The molecule has 64 valence electrons. The first-order valence-corrected chi connectivity index (χ1v) is 4.04. The molecule has 0 amide bonds. The highest BCUT2D eigenvalue weighted by molar-refractivity contribution is 5.18. The third-order valence-electron chi connectivity index (χ3n) is 0.898. The van der Waals surface area contributed by atoms with Crippen LogP contribution in [0.2, 0.25) is 0 Å². The third-order valence-corrected chi connectivity index (χ3v) is 0.898. The van der Waals surface area contributed by atoms with Gasteiger partial charge < -0.3 is 5.32 Å². The molecule has 11 heavy (non-hydrogen) atoms. The lowest BCUT2D eigenvalue weighted by Crippen LogP contribution is -2.09. The van der Waals surface area contributed by atoms with Crippen molar-refractivity contribution >= 4 is 0 Å². The lowest BCUT2D eigenvalue weighted by atomic mass is 10.4. The zero-order chi connectivity index (χ0) is 9.11. The lowest BCUT2D eigenvalue weighted by molar-refractivity contribution is 0.879. The number of nitrogens with one attached hydrogen (secondary N) is 1. The molecule has 0 saturated carbocycles. The van der Waals surface area contributed by atoms with Crippen molar-refractivity contribution in [3.05, 3.63) is 37.1 Å². The van der Waals surface area contributed by atoms with E-state index < -0.39 is 0 Å². The Kier molecular flexibility index (Phi) is 13.6. The highest BCUT2D eigenvalue weighted by Gasteiger charge is 1.80. The molecule has 0 heterocycles. The normalized spacial score (nSPS) is 9.18. The van der Waals surface area contributed by atoms with E-state index in [1.165, 1.54) is 0 Å². The van der Waals surface area contributed by atoms with Crippen LogP contribution in [0.15, 0.2) is 37.1 Å². The van der Waals surface area contributed by atoms with Crippen LogP contribution in [0.5, 0.6) is 0 Å². The Morgan fingerprint density at radius 2 is 1.91 bits per heavy atom. The molecule has 0 saturated heterocycles. The second-order valence-electron chi connectivity index (χ2n) is 1.59. The number of rotatable bonds is 4. The van der Waals surface area contributed by atoms with E-state index >= 15 is 0 Å². The SMILES string of the molecule is C=C/C=C(\C=C)NCC.CC. The van der Waals surface area contributed by atoms with Crippen LogP contribution in [0.4, 0.5) is 0 Å². The Morgan fingerprint density at radius 3 is 2.18 bits per heavy atom. The molecule has 0 aromatic carbocycles. The Labute approximate surface area is 70.5 Å². The fourth-order valence-corrected chi connectivity index (χ4v) is 0.530. The standard InChI is InChI=1S/C8H13N.C2H6/c1-4-7-8(5-2)9-6-3;1-2/h4-5,7,9H,1-2,6H2,3H3;1-2H3/b8-7+;. The topological polar surface area (TPSA) is 12.0 Å². The molecule has 0 atom stereocenters. The van der Waals surface area contributed by atoms with Gasteiger partial charge in [0.1, 0.15) is 0 Å². The van der Waals surface area contributed by atoms with Gasteiger partial charge in [0.25, 0.3) is 0 Å². The average molecular weight is 153 g/mol. The van der Waals surface area contributed by atoms with Crippen molar-refractivity contribution in [3.63, 3.8) is 0 Å². The van der Waals surface area contributed by atoms with Gasteiger partial charge in [-0.15, -0.1) is 0 Å². The van der Waals surface area contributed by atoms with Gasteiger partial charge in [0.2, 0.25) is 0 Å². The summed E-state index contributed by atoms with van der Waals surface area (Å²) in [7, 11) is 0. The van der Waals surface area contributed by atoms with Crippen LogP contribution in [-0.4, -0.2) is 6.54 Å². The van der Waals surface area contributed by atoms with Gasteiger partial charge in [-0.05, 0) is 19.1 Å². The van der Waals surface area contributed by atoms with Gasteiger partial charge in [0, 0.05) is 12.2 Å². The molecule has 0 aliphatic carbocycles. The minimum Gasteiger partial charge on any atom is -0.385 e. The molecule has 0 fully saturated rings. The predicted molar refractivity (Wildman–Crippen MR) is 53.5 cm³/mol. The number of allylic oxidation sites excluding steroid dienone is 3. The number of hydrogen-bond donors (Lipinski definition) is 1. The Hall–Kier alpha value is -0.980. The lowest BCUT2D eigenvalue weighted by Gasteiger charge is -1.99. The van der Waals surface area contributed by atoms with E-state index in [2.05, 4.69) is 18.5 Å². The highest BCUT2D eigenvalue weighted by atomic mass is 14.9. The molecule has 0 aliphatic rings. The van der Waals surface area contributed by atoms with E-state index in [1.807, 2.05) is 26.8 Å². The van der Waals surface area contributed by atoms with Crippen molar-refractivity contribution in [2.75, 3.05) is 6.54 Å². The predicted octanol–water partition coefficient (Wildman–Crippen LogP) is 2.88. The maximum absolute atomic E-state index is 3.62. The van der Waals surface area contributed by atoms with Crippen LogP contribution in [-0.2, 0) is 0 Å². The van der Waals surface area contributed by atoms with E-state index in [9.17, 15) is 0 Å². The first-order valence-electron chi connectivity index (χ1n) is 4.04. The van der Waals surface area contributed by atoms with E-state index in [1.54, 1.807) is 12.2 Å². The van der Waals surface area contributed by atoms with Crippen molar-refractivity contribution in [1.82, 2.24) is 5.32 Å². The average Bonchev–Trinajstić information content (AvgIpc) is 2.08. The monoisotopic (exact) mass is 153 g/mol. The second kappa shape index (κ2) is 11.8. The van der Waals surface area contributed by atoms with Crippen LogP contribution in [0.1, 0.15) is 20.8 Å².